The van der Waals surface area contributed by atoms with Crippen LogP contribution in [0.3, 0.4) is 0 Å². The van der Waals surface area contributed by atoms with Crippen LogP contribution in [0.15, 0.2) is 48.8 Å². The van der Waals surface area contributed by atoms with Crippen LogP contribution < -0.4 is 11.1 Å². The van der Waals surface area contributed by atoms with Crippen molar-refractivity contribution in [3.05, 3.63) is 54.4 Å². The van der Waals surface area contributed by atoms with Gasteiger partial charge in [0, 0.05) is 30.0 Å². The number of carbonyl (C=O) groups excluding carboxylic acids is 1. The average Bonchev–Trinajstić information content (AvgIpc) is 2.90. The molecule has 0 aliphatic carbocycles. The molecule has 6 nitrogen and oxygen atoms in total. The Morgan fingerprint density at radius 2 is 2.08 bits per heavy atom. The van der Waals surface area contributed by atoms with Crippen LogP contribution in [0.5, 0.6) is 0 Å². The number of nitrogen functional groups attached to an aromatic ring is 1. The quantitative estimate of drug-likeness (QED) is 0.707. The number of carbonyl (C=O) groups is 1. The lowest BCUT2D eigenvalue weighted by molar-refractivity contribution is 0.0635. The summed E-state index contributed by atoms with van der Waals surface area (Å²) in [5, 5.41) is 3.69. The van der Waals surface area contributed by atoms with Gasteiger partial charge in [-0.15, -0.1) is 0 Å². The van der Waals surface area contributed by atoms with Gasteiger partial charge in [-0.3, -0.25) is 5.32 Å². The van der Waals surface area contributed by atoms with Gasteiger partial charge in [-0.25, -0.2) is 9.78 Å². The number of benzene rings is 1. The number of nitrogens with one attached hydrogen (secondary N) is 1. The monoisotopic (exact) mass is 338 g/mol. The van der Waals surface area contributed by atoms with Gasteiger partial charge in [0.25, 0.3) is 0 Å². The van der Waals surface area contributed by atoms with Gasteiger partial charge >= 0.3 is 6.09 Å². The van der Waals surface area contributed by atoms with Crippen LogP contribution in [0, 0.1) is 0 Å². The van der Waals surface area contributed by atoms with Crippen LogP contribution in [0.4, 0.5) is 16.3 Å². The molecule has 3 rings (SSSR count). The second kappa shape index (κ2) is 6.47. The van der Waals surface area contributed by atoms with Gasteiger partial charge in [0.05, 0.1) is 5.52 Å². The normalized spacial score (nSPS) is 11.5. The summed E-state index contributed by atoms with van der Waals surface area (Å²) < 4.78 is 7.36. The Morgan fingerprint density at radius 3 is 2.84 bits per heavy atom. The molecule has 0 bridgehead atoms. The molecule has 0 aliphatic heterocycles. The molecular weight excluding hydrogens is 316 g/mol. The molecule has 130 valence electrons. The molecule has 0 spiro atoms. The van der Waals surface area contributed by atoms with Crippen molar-refractivity contribution in [1.29, 1.82) is 0 Å². The SMILES string of the molecule is CC(C)(C)OC(=O)Nc1cc(Cn2ccc3c(N)cccc32)ccn1. The Balaban J connectivity index is 1.77. The first-order valence-corrected chi connectivity index (χ1v) is 8.10. The molecule has 2 aromatic heterocycles. The maximum Gasteiger partial charge on any atom is 0.413 e. The van der Waals surface area contributed by atoms with E-state index >= 15 is 0 Å². The van der Waals surface area contributed by atoms with Crippen LogP contribution in [0.1, 0.15) is 26.3 Å². The molecule has 2 heterocycles. The molecule has 0 unspecified atom stereocenters. The number of aromatic nitrogens is 2. The van der Waals surface area contributed by atoms with Crippen LogP contribution in [0.2, 0.25) is 0 Å². The summed E-state index contributed by atoms with van der Waals surface area (Å²) in [7, 11) is 0. The third-order valence-corrected chi connectivity index (χ3v) is 3.65. The fourth-order valence-corrected chi connectivity index (χ4v) is 2.63. The number of hydrogen-bond acceptors (Lipinski definition) is 4. The molecule has 0 radical (unpaired) electrons. The largest absolute Gasteiger partial charge is 0.444 e. The topological polar surface area (TPSA) is 82.2 Å². The second-order valence-corrected chi connectivity index (χ2v) is 6.90. The summed E-state index contributed by atoms with van der Waals surface area (Å²) in [6.07, 6.45) is 3.15. The number of ether oxygens (including phenoxy) is 1. The zero-order chi connectivity index (χ0) is 18.0. The van der Waals surface area contributed by atoms with E-state index in [0.29, 0.717) is 12.4 Å². The third-order valence-electron chi connectivity index (χ3n) is 3.65. The lowest BCUT2D eigenvalue weighted by Crippen LogP contribution is -2.27. The van der Waals surface area contributed by atoms with Crippen molar-refractivity contribution in [2.75, 3.05) is 11.1 Å². The number of pyridine rings is 1. The first-order valence-electron chi connectivity index (χ1n) is 8.10. The van der Waals surface area contributed by atoms with Gasteiger partial charge in [0.1, 0.15) is 11.4 Å². The van der Waals surface area contributed by atoms with E-state index in [4.69, 9.17) is 10.5 Å². The first kappa shape index (κ1) is 16.8. The predicted molar refractivity (Wildman–Crippen MR) is 99.5 cm³/mol. The molecule has 3 aromatic rings. The van der Waals surface area contributed by atoms with E-state index in [-0.39, 0.29) is 0 Å². The molecule has 0 atom stereocenters. The molecule has 1 aromatic carbocycles. The molecule has 0 saturated heterocycles. The van der Waals surface area contributed by atoms with Crippen LogP contribution in [-0.2, 0) is 11.3 Å². The van der Waals surface area contributed by atoms with Crippen molar-refractivity contribution in [3.8, 4) is 0 Å². The van der Waals surface area contributed by atoms with Gasteiger partial charge in [0.15, 0.2) is 0 Å². The molecule has 0 fully saturated rings. The Labute approximate surface area is 146 Å². The fraction of sp³-hybridized carbons (Fsp3) is 0.263. The van der Waals surface area contributed by atoms with E-state index in [2.05, 4.69) is 14.9 Å². The van der Waals surface area contributed by atoms with Crippen molar-refractivity contribution < 1.29 is 9.53 Å². The summed E-state index contributed by atoms with van der Waals surface area (Å²) in [6, 6.07) is 11.6. The molecule has 25 heavy (non-hydrogen) atoms. The minimum atomic E-state index is -0.550. The van der Waals surface area contributed by atoms with E-state index in [1.807, 2.05) is 63.4 Å². The average molecular weight is 338 g/mol. The lowest BCUT2D eigenvalue weighted by atomic mass is 10.2. The van der Waals surface area contributed by atoms with Crippen molar-refractivity contribution in [2.45, 2.75) is 32.9 Å². The van der Waals surface area contributed by atoms with Crippen molar-refractivity contribution in [3.63, 3.8) is 0 Å². The summed E-state index contributed by atoms with van der Waals surface area (Å²) in [5.41, 5.74) is 8.30. The maximum atomic E-state index is 11.9. The van der Waals surface area contributed by atoms with E-state index < -0.39 is 11.7 Å². The highest BCUT2D eigenvalue weighted by Gasteiger charge is 2.16. The number of anilines is 2. The Kier molecular flexibility index (Phi) is 4.35. The summed E-state index contributed by atoms with van der Waals surface area (Å²) in [5.74, 6) is 0.461. The number of nitrogens with zero attached hydrogens (tertiary/aromatic N) is 2. The highest BCUT2D eigenvalue weighted by Crippen LogP contribution is 2.23. The van der Waals surface area contributed by atoms with Gasteiger partial charge in [-0.05, 0) is 56.7 Å². The molecule has 0 saturated carbocycles. The third kappa shape index (κ3) is 4.09. The molecule has 6 heteroatoms. The van der Waals surface area contributed by atoms with E-state index in [0.717, 1.165) is 22.2 Å². The van der Waals surface area contributed by atoms with E-state index in [1.54, 1.807) is 6.20 Å². The first-order chi connectivity index (χ1) is 11.8. The smallest absolute Gasteiger partial charge is 0.413 e. The zero-order valence-corrected chi connectivity index (χ0v) is 14.6. The Bertz CT molecular complexity index is 909. The van der Waals surface area contributed by atoms with Crippen molar-refractivity contribution in [2.24, 2.45) is 0 Å². The standard InChI is InChI=1S/C19H22N4O2/c1-19(2,3)25-18(24)22-17-11-13(7-9-21-17)12-23-10-8-14-15(20)5-4-6-16(14)23/h4-11H,12,20H2,1-3H3,(H,21,22,24). The van der Waals surface area contributed by atoms with Crippen LogP contribution in [0.25, 0.3) is 10.9 Å². The highest BCUT2D eigenvalue weighted by atomic mass is 16.6. The highest BCUT2D eigenvalue weighted by molar-refractivity contribution is 5.91. The molecule has 3 N–H and O–H groups in total. The Hall–Kier alpha value is -3.02. The Morgan fingerprint density at radius 1 is 1.28 bits per heavy atom. The summed E-state index contributed by atoms with van der Waals surface area (Å²) in [4.78, 5) is 16.1. The predicted octanol–water partition coefficient (Wildman–Crippen LogP) is 4.01. The van der Waals surface area contributed by atoms with Gasteiger partial charge < -0.3 is 15.0 Å². The van der Waals surface area contributed by atoms with Gasteiger partial charge in [-0.2, -0.15) is 0 Å². The molecular formula is C19H22N4O2. The maximum absolute atomic E-state index is 11.9. The fourth-order valence-electron chi connectivity index (χ4n) is 2.63. The van der Waals surface area contributed by atoms with E-state index in [1.165, 1.54) is 0 Å². The number of hydrogen-bond donors (Lipinski definition) is 2. The number of nitrogens with two attached hydrogens (primary N) is 1. The van der Waals surface area contributed by atoms with Crippen LogP contribution >= 0.6 is 0 Å². The molecule has 0 aliphatic rings. The van der Waals surface area contributed by atoms with Gasteiger partial charge in [-0.1, -0.05) is 6.07 Å². The summed E-state index contributed by atoms with van der Waals surface area (Å²) >= 11 is 0. The lowest BCUT2D eigenvalue weighted by Gasteiger charge is -2.19. The second-order valence-electron chi connectivity index (χ2n) is 6.90. The number of rotatable bonds is 3. The van der Waals surface area contributed by atoms with Gasteiger partial charge in [0.2, 0.25) is 0 Å². The molecule has 1 amide bonds. The minimum Gasteiger partial charge on any atom is -0.444 e. The van der Waals surface area contributed by atoms with Crippen LogP contribution in [-0.4, -0.2) is 21.2 Å². The number of amides is 1. The number of fused-ring (bicyclic) bond motifs is 1. The zero-order valence-electron chi connectivity index (χ0n) is 14.6. The summed E-state index contributed by atoms with van der Waals surface area (Å²) in [6.45, 7) is 6.11. The minimum absolute atomic E-state index is 0.461. The van der Waals surface area contributed by atoms with E-state index in [9.17, 15) is 4.79 Å². The van der Waals surface area contributed by atoms with Crippen molar-refractivity contribution >= 4 is 28.5 Å². The van der Waals surface area contributed by atoms with Crippen molar-refractivity contribution in [1.82, 2.24) is 9.55 Å².